The quantitative estimate of drug-likeness (QED) is 0.853. The molecule has 0 heterocycles. The molecule has 0 aromatic heterocycles. The van der Waals surface area contributed by atoms with Crippen LogP contribution in [0.25, 0.3) is 0 Å². The lowest BCUT2D eigenvalue weighted by atomic mass is 9.99. The average molecular weight is 263 g/mol. The molecule has 1 aromatic carbocycles. The van der Waals surface area contributed by atoms with Crippen LogP contribution in [0.1, 0.15) is 38.2 Å². The van der Waals surface area contributed by atoms with Gasteiger partial charge in [0.2, 0.25) is 0 Å². The number of nitrogens with one attached hydrogen (secondary N) is 1. The Morgan fingerprint density at radius 2 is 1.95 bits per heavy atom. The molecule has 1 aliphatic carbocycles. The molecule has 3 nitrogen and oxygen atoms in total. The van der Waals surface area contributed by atoms with Crippen LogP contribution in [0.3, 0.4) is 0 Å². The van der Waals surface area contributed by atoms with E-state index in [9.17, 15) is 0 Å². The third-order valence-corrected chi connectivity index (χ3v) is 4.22. The van der Waals surface area contributed by atoms with E-state index in [4.69, 9.17) is 9.47 Å². The molecule has 1 aliphatic rings. The fraction of sp³-hybridized carbons (Fsp3) is 0.625. The molecule has 0 saturated heterocycles. The van der Waals surface area contributed by atoms with Crippen LogP contribution in [-0.2, 0) is 6.54 Å². The van der Waals surface area contributed by atoms with Crippen molar-refractivity contribution in [1.29, 1.82) is 0 Å². The van der Waals surface area contributed by atoms with Gasteiger partial charge in [-0.1, -0.05) is 18.9 Å². The van der Waals surface area contributed by atoms with Crippen molar-refractivity contribution in [3.8, 4) is 11.5 Å². The van der Waals surface area contributed by atoms with E-state index in [2.05, 4.69) is 18.3 Å². The number of methoxy groups -OCH3 is 2. The molecule has 0 radical (unpaired) electrons. The van der Waals surface area contributed by atoms with Gasteiger partial charge in [0, 0.05) is 24.2 Å². The molecule has 0 amide bonds. The Hall–Kier alpha value is -1.22. The Morgan fingerprint density at radius 1 is 1.21 bits per heavy atom. The van der Waals surface area contributed by atoms with Crippen molar-refractivity contribution >= 4 is 0 Å². The van der Waals surface area contributed by atoms with Gasteiger partial charge in [-0.3, -0.25) is 0 Å². The minimum absolute atomic E-state index is 0.578. The topological polar surface area (TPSA) is 30.5 Å². The molecule has 3 heteroatoms. The number of hydrogen-bond donors (Lipinski definition) is 1. The maximum Gasteiger partial charge on any atom is 0.127 e. The van der Waals surface area contributed by atoms with E-state index in [-0.39, 0.29) is 0 Å². The van der Waals surface area contributed by atoms with Gasteiger partial charge < -0.3 is 14.8 Å². The molecule has 1 aromatic rings. The molecule has 1 saturated carbocycles. The standard InChI is InChI=1S/C16H25NO2/c1-12(13-6-4-5-7-13)17-11-14-8-9-15(18-2)10-16(14)19-3/h8-10,12-13,17H,4-7,11H2,1-3H3. The van der Waals surface area contributed by atoms with Crippen molar-refractivity contribution < 1.29 is 9.47 Å². The fourth-order valence-electron chi connectivity index (χ4n) is 2.89. The van der Waals surface area contributed by atoms with Gasteiger partial charge in [0.15, 0.2) is 0 Å². The van der Waals surface area contributed by atoms with Crippen LogP contribution in [0.15, 0.2) is 18.2 Å². The summed E-state index contributed by atoms with van der Waals surface area (Å²) in [5, 5.41) is 3.63. The zero-order chi connectivity index (χ0) is 13.7. The predicted molar refractivity (Wildman–Crippen MR) is 77.8 cm³/mol. The van der Waals surface area contributed by atoms with Gasteiger partial charge in [0.25, 0.3) is 0 Å². The highest BCUT2D eigenvalue weighted by molar-refractivity contribution is 5.40. The molecule has 1 unspecified atom stereocenters. The third-order valence-electron chi connectivity index (χ3n) is 4.22. The van der Waals surface area contributed by atoms with Crippen molar-refractivity contribution in [3.63, 3.8) is 0 Å². The summed E-state index contributed by atoms with van der Waals surface area (Å²) in [6.45, 7) is 3.15. The minimum Gasteiger partial charge on any atom is -0.497 e. The summed E-state index contributed by atoms with van der Waals surface area (Å²) < 4.78 is 10.6. The van der Waals surface area contributed by atoms with Gasteiger partial charge in [-0.25, -0.2) is 0 Å². The van der Waals surface area contributed by atoms with Crippen molar-refractivity contribution in [2.24, 2.45) is 5.92 Å². The molecule has 0 spiro atoms. The molecule has 19 heavy (non-hydrogen) atoms. The normalized spacial score (nSPS) is 17.4. The second-order valence-electron chi connectivity index (χ2n) is 5.39. The Kier molecular flexibility index (Phi) is 5.08. The van der Waals surface area contributed by atoms with Crippen molar-refractivity contribution in [1.82, 2.24) is 5.32 Å². The molecule has 2 rings (SSSR count). The van der Waals surface area contributed by atoms with Crippen molar-refractivity contribution in [2.45, 2.75) is 45.2 Å². The molecule has 1 fully saturated rings. The largest absolute Gasteiger partial charge is 0.497 e. The summed E-state index contributed by atoms with van der Waals surface area (Å²) in [5.41, 5.74) is 1.19. The van der Waals surface area contributed by atoms with Crippen molar-refractivity contribution in [2.75, 3.05) is 14.2 Å². The van der Waals surface area contributed by atoms with E-state index < -0.39 is 0 Å². The summed E-state index contributed by atoms with van der Waals surface area (Å²) in [4.78, 5) is 0. The Bertz CT molecular complexity index is 400. The van der Waals surface area contributed by atoms with Crippen LogP contribution in [0, 0.1) is 5.92 Å². The lowest BCUT2D eigenvalue weighted by molar-refractivity contribution is 0.368. The number of hydrogen-bond acceptors (Lipinski definition) is 3. The van der Waals surface area contributed by atoms with E-state index in [0.717, 1.165) is 24.0 Å². The molecule has 0 aliphatic heterocycles. The first-order chi connectivity index (χ1) is 9.24. The van der Waals surface area contributed by atoms with E-state index in [1.165, 1.54) is 31.2 Å². The highest BCUT2D eigenvalue weighted by Crippen LogP contribution is 2.28. The van der Waals surface area contributed by atoms with Gasteiger partial charge in [-0.2, -0.15) is 0 Å². The zero-order valence-electron chi connectivity index (χ0n) is 12.2. The second-order valence-corrected chi connectivity index (χ2v) is 5.39. The summed E-state index contributed by atoms with van der Waals surface area (Å²) in [5.74, 6) is 2.57. The summed E-state index contributed by atoms with van der Waals surface area (Å²) in [6, 6.07) is 6.58. The fourth-order valence-corrected chi connectivity index (χ4v) is 2.89. The molecular formula is C16H25NO2. The van der Waals surface area contributed by atoms with Gasteiger partial charge in [0.1, 0.15) is 11.5 Å². The SMILES string of the molecule is COc1ccc(CNC(C)C2CCCC2)c(OC)c1. The average Bonchev–Trinajstić information content (AvgIpc) is 2.98. The first-order valence-corrected chi connectivity index (χ1v) is 7.19. The first kappa shape index (κ1) is 14.2. The van der Waals surface area contributed by atoms with Gasteiger partial charge in [-0.05, 0) is 31.7 Å². The summed E-state index contributed by atoms with van der Waals surface area (Å²) in [7, 11) is 3.38. The summed E-state index contributed by atoms with van der Waals surface area (Å²) in [6.07, 6.45) is 5.52. The van der Waals surface area contributed by atoms with Gasteiger partial charge in [-0.15, -0.1) is 0 Å². The Morgan fingerprint density at radius 3 is 2.58 bits per heavy atom. The predicted octanol–water partition coefficient (Wildman–Crippen LogP) is 3.37. The maximum atomic E-state index is 5.43. The smallest absolute Gasteiger partial charge is 0.127 e. The third kappa shape index (κ3) is 3.63. The number of rotatable bonds is 6. The van der Waals surface area contributed by atoms with Crippen LogP contribution in [-0.4, -0.2) is 20.3 Å². The highest BCUT2D eigenvalue weighted by Gasteiger charge is 2.21. The van der Waals surface area contributed by atoms with E-state index in [1.807, 2.05) is 12.1 Å². The van der Waals surface area contributed by atoms with Gasteiger partial charge in [0.05, 0.1) is 14.2 Å². The van der Waals surface area contributed by atoms with Crippen LogP contribution in [0.4, 0.5) is 0 Å². The van der Waals surface area contributed by atoms with E-state index >= 15 is 0 Å². The van der Waals surface area contributed by atoms with E-state index in [0.29, 0.717) is 6.04 Å². The second kappa shape index (κ2) is 6.80. The molecule has 106 valence electrons. The van der Waals surface area contributed by atoms with Crippen molar-refractivity contribution in [3.05, 3.63) is 23.8 Å². The lowest BCUT2D eigenvalue weighted by Crippen LogP contribution is -2.31. The Balaban J connectivity index is 1.94. The maximum absolute atomic E-state index is 5.43. The van der Waals surface area contributed by atoms with Crippen LogP contribution in [0.2, 0.25) is 0 Å². The molecule has 1 atom stereocenters. The number of ether oxygens (including phenoxy) is 2. The zero-order valence-corrected chi connectivity index (χ0v) is 12.2. The lowest BCUT2D eigenvalue weighted by Gasteiger charge is -2.21. The Labute approximate surface area is 116 Å². The highest BCUT2D eigenvalue weighted by atomic mass is 16.5. The first-order valence-electron chi connectivity index (χ1n) is 7.19. The molecule has 1 N–H and O–H groups in total. The minimum atomic E-state index is 0.578. The number of benzene rings is 1. The molecular weight excluding hydrogens is 238 g/mol. The van der Waals surface area contributed by atoms with Crippen LogP contribution in [0.5, 0.6) is 11.5 Å². The van der Waals surface area contributed by atoms with Crippen LogP contribution < -0.4 is 14.8 Å². The monoisotopic (exact) mass is 263 g/mol. The molecule has 0 bridgehead atoms. The van der Waals surface area contributed by atoms with Crippen LogP contribution >= 0.6 is 0 Å². The summed E-state index contributed by atoms with van der Waals surface area (Å²) >= 11 is 0. The van der Waals surface area contributed by atoms with E-state index in [1.54, 1.807) is 14.2 Å². The van der Waals surface area contributed by atoms with Gasteiger partial charge >= 0.3 is 0 Å².